The van der Waals surface area contributed by atoms with Crippen LogP contribution in [0.25, 0.3) is 0 Å². The summed E-state index contributed by atoms with van der Waals surface area (Å²) in [4.78, 5) is 10.3. The third-order valence-corrected chi connectivity index (χ3v) is 2.01. The molecule has 1 atom stereocenters. The fourth-order valence-corrected chi connectivity index (χ4v) is 0.821. The Morgan fingerprint density at radius 1 is 1.14 bits per heavy atom. The summed E-state index contributed by atoms with van der Waals surface area (Å²) in [5.41, 5.74) is 0. The largest absolute Gasteiger partial charge is 0.466 e. The lowest BCUT2D eigenvalue weighted by Gasteiger charge is -2.27. The number of ether oxygens (including phenoxy) is 1. The lowest BCUT2D eigenvalue weighted by molar-refractivity contribution is -0.306. The lowest BCUT2D eigenvalue weighted by atomic mass is 10.2. The van der Waals surface area contributed by atoms with Crippen molar-refractivity contribution in [1.29, 1.82) is 0 Å². The predicted octanol–water partition coefficient (Wildman–Crippen LogP) is 2.42. The summed E-state index contributed by atoms with van der Waals surface area (Å²) in [6.45, 7) is 0. The van der Waals surface area contributed by atoms with Crippen LogP contribution in [0, 0.1) is 0 Å². The van der Waals surface area contributed by atoms with Gasteiger partial charge in [0.2, 0.25) is 0 Å². The molecule has 0 N–H and O–H groups in total. The molecule has 2 nitrogen and oxygen atoms in total. The fourth-order valence-electron chi connectivity index (χ4n) is 0.434. The van der Waals surface area contributed by atoms with Crippen LogP contribution in [0.4, 0.5) is 26.3 Å². The second-order valence-electron chi connectivity index (χ2n) is 2.14. The second-order valence-corrected chi connectivity index (χ2v) is 3.23. The third-order valence-electron chi connectivity index (χ3n) is 1.19. The van der Waals surface area contributed by atoms with E-state index < -0.39 is 22.6 Å². The van der Waals surface area contributed by atoms with Gasteiger partial charge in [-0.1, -0.05) is 0 Å². The molecule has 0 aliphatic rings. The van der Waals surface area contributed by atoms with Crippen LogP contribution in [0.3, 0.4) is 0 Å². The highest BCUT2D eigenvalue weighted by Gasteiger charge is 2.74. The van der Waals surface area contributed by atoms with E-state index in [0.717, 1.165) is 0 Å². The third kappa shape index (κ3) is 1.96. The Hall–Kier alpha value is -0.470. The number of hydrogen-bond donors (Lipinski definition) is 0. The van der Waals surface area contributed by atoms with Crippen molar-refractivity contribution in [3.05, 3.63) is 0 Å². The standard InChI is InChI=1S/C5H3BrF6O2/c1-14-2(13)3(6,7)4(8,9)5(10,11)12/h1H3. The van der Waals surface area contributed by atoms with Gasteiger partial charge in [0.1, 0.15) is 0 Å². The SMILES string of the molecule is COC(=O)C(F)(Br)C(F)(F)C(F)(F)F. The average molecular weight is 289 g/mol. The number of carbonyl (C=O) groups excluding carboxylic acids is 1. The maximum atomic E-state index is 12.7. The maximum absolute atomic E-state index is 12.7. The van der Waals surface area contributed by atoms with E-state index in [1.165, 1.54) is 15.9 Å². The van der Waals surface area contributed by atoms with Crippen LogP contribution < -0.4 is 0 Å². The van der Waals surface area contributed by atoms with E-state index in [0.29, 0.717) is 7.11 Å². The van der Waals surface area contributed by atoms with Crippen molar-refractivity contribution >= 4 is 21.9 Å². The minimum absolute atomic E-state index is 0.477. The zero-order valence-electron chi connectivity index (χ0n) is 6.46. The van der Waals surface area contributed by atoms with E-state index in [9.17, 15) is 31.1 Å². The van der Waals surface area contributed by atoms with E-state index >= 15 is 0 Å². The van der Waals surface area contributed by atoms with Gasteiger partial charge in [0.05, 0.1) is 7.11 Å². The maximum Gasteiger partial charge on any atom is 0.458 e. The molecule has 1 unspecified atom stereocenters. The summed E-state index contributed by atoms with van der Waals surface area (Å²) in [7, 11) is 0.477. The van der Waals surface area contributed by atoms with Crippen molar-refractivity contribution < 1.29 is 35.9 Å². The zero-order valence-corrected chi connectivity index (χ0v) is 8.05. The van der Waals surface area contributed by atoms with E-state index in [1.54, 1.807) is 0 Å². The van der Waals surface area contributed by atoms with Crippen LogP contribution in [-0.2, 0) is 9.53 Å². The van der Waals surface area contributed by atoms with Gasteiger partial charge in [-0.05, 0) is 15.9 Å². The van der Waals surface area contributed by atoms with E-state index in [4.69, 9.17) is 0 Å². The smallest absolute Gasteiger partial charge is 0.458 e. The van der Waals surface area contributed by atoms with Crippen LogP contribution in [0.15, 0.2) is 0 Å². The van der Waals surface area contributed by atoms with E-state index in [1.807, 2.05) is 0 Å². The van der Waals surface area contributed by atoms with Crippen molar-refractivity contribution in [2.75, 3.05) is 7.11 Å². The van der Waals surface area contributed by atoms with Crippen LogP contribution in [0.2, 0.25) is 0 Å². The van der Waals surface area contributed by atoms with Crippen molar-refractivity contribution in [3.63, 3.8) is 0 Å². The molecule has 0 fully saturated rings. The van der Waals surface area contributed by atoms with E-state index in [2.05, 4.69) is 4.74 Å². The van der Waals surface area contributed by atoms with Crippen LogP contribution >= 0.6 is 15.9 Å². The number of rotatable bonds is 2. The summed E-state index contributed by atoms with van der Waals surface area (Å²) >= 11 is 1.35. The number of halogens is 7. The lowest BCUT2D eigenvalue weighted by Crippen LogP contribution is -2.55. The van der Waals surface area contributed by atoms with Crippen molar-refractivity contribution in [3.8, 4) is 0 Å². The van der Waals surface area contributed by atoms with Gasteiger partial charge in [-0.15, -0.1) is 0 Å². The van der Waals surface area contributed by atoms with Gasteiger partial charge in [0.15, 0.2) is 0 Å². The Morgan fingerprint density at radius 3 is 1.71 bits per heavy atom. The molecule has 0 aliphatic carbocycles. The molecule has 0 spiro atoms. The van der Waals surface area contributed by atoms with Gasteiger partial charge >= 0.3 is 22.6 Å². The molecule has 9 heteroatoms. The number of carbonyl (C=O) groups is 1. The number of methoxy groups -OCH3 is 1. The van der Waals surface area contributed by atoms with Crippen LogP contribution in [0.1, 0.15) is 0 Å². The molecule has 84 valence electrons. The Kier molecular flexibility index (Phi) is 3.47. The molecule has 0 rings (SSSR count). The van der Waals surface area contributed by atoms with Gasteiger partial charge in [-0.25, -0.2) is 9.18 Å². The molecular weight excluding hydrogens is 286 g/mol. The second kappa shape index (κ2) is 3.59. The molecule has 0 saturated carbocycles. The first-order valence-corrected chi connectivity index (χ1v) is 3.68. The summed E-state index contributed by atoms with van der Waals surface area (Å²) < 4.78 is 71.0. The monoisotopic (exact) mass is 288 g/mol. The first-order chi connectivity index (χ1) is 5.98. The summed E-state index contributed by atoms with van der Waals surface area (Å²) in [6.07, 6.45) is -6.20. The molecule has 0 aliphatic heterocycles. The molecule has 0 aromatic carbocycles. The molecule has 0 amide bonds. The minimum Gasteiger partial charge on any atom is -0.466 e. The molecule has 0 aromatic heterocycles. The highest BCUT2D eigenvalue weighted by molar-refractivity contribution is 9.10. The molecule has 14 heavy (non-hydrogen) atoms. The van der Waals surface area contributed by atoms with Crippen molar-refractivity contribution in [2.45, 2.75) is 16.7 Å². The van der Waals surface area contributed by atoms with Gasteiger partial charge in [-0.2, -0.15) is 22.0 Å². The summed E-state index contributed by atoms with van der Waals surface area (Å²) in [5.74, 6) is -8.23. The summed E-state index contributed by atoms with van der Waals surface area (Å²) in [5, 5.41) is 0. The fraction of sp³-hybridized carbons (Fsp3) is 0.800. The first kappa shape index (κ1) is 13.5. The summed E-state index contributed by atoms with van der Waals surface area (Å²) in [6, 6.07) is 0. The molecule has 0 radical (unpaired) electrons. The number of hydrogen-bond acceptors (Lipinski definition) is 2. The van der Waals surface area contributed by atoms with Gasteiger partial charge in [0.25, 0.3) is 0 Å². The molecule has 0 bridgehead atoms. The van der Waals surface area contributed by atoms with Crippen molar-refractivity contribution in [2.24, 2.45) is 0 Å². The van der Waals surface area contributed by atoms with Crippen LogP contribution in [0.5, 0.6) is 0 Å². The average Bonchev–Trinajstić information content (AvgIpc) is 2.00. The molecule has 0 heterocycles. The van der Waals surface area contributed by atoms with Gasteiger partial charge < -0.3 is 4.74 Å². The first-order valence-electron chi connectivity index (χ1n) is 2.89. The Labute approximate surface area is 82.3 Å². The highest BCUT2D eigenvalue weighted by Crippen LogP contribution is 2.49. The van der Waals surface area contributed by atoms with Crippen molar-refractivity contribution in [1.82, 2.24) is 0 Å². The topological polar surface area (TPSA) is 26.3 Å². The number of alkyl halides is 7. The molecule has 0 saturated heterocycles. The van der Waals surface area contributed by atoms with Crippen LogP contribution in [-0.4, -0.2) is 29.8 Å². The molecular formula is C5H3BrF6O2. The molecule has 0 aromatic rings. The Bertz CT molecular complexity index is 235. The quantitative estimate of drug-likeness (QED) is 0.443. The van der Waals surface area contributed by atoms with E-state index in [-0.39, 0.29) is 0 Å². The Morgan fingerprint density at radius 2 is 1.50 bits per heavy atom. The van der Waals surface area contributed by atoms with Gasteiger partial charge in [0, 0.05) is 0 Å². The zero-order chi connectivity index (χ0) is 11.8. The Balaban J connectivity index is 5.18. The predicted molar refractivity (Wildman–Crippen MR) is 35.8 cm³/mol. The van der Waals surface area contributed by atoms with Gasteiger partial charge in [-0.3, -0.25) is 0 Å². The highest BCUT2D eigenvalue weighted by atomic mass is 79.9. The number of esters is 1. The minimum atomic E-state index is -6.20. The normalized spacial score (nSPS) is 17.4.